The van der Waals surface area contributed by atoms with Gasteiger partial charge in [0, 0.05) is 5.38 Å². The minimum atomic E-state index is 0.256. The van der Waals surface area contributed by atoms with Crippen molar-refractivity contribution in [3.8, 4) is 0 Å². The fourth-order valence-corrected chi connectivity index (χ4v) is 1.50. The SMILES string of the molecule is O=COCc1csc(Br)n1. The van der Waals surface area contributed by atoms with Crippen LogP contribution in [0.25, 0.3) is 0 Å². The van der Waals surface area contributed by atoms with Gasteiger partial charge in [-0.1, -0.05) is 0 Å². The third kappa shape index (κ3) is 2.07. The molecule has 0 amide bonds. The van der Waals surface area contributed by atoms with Crippen molar-refractivity contribution in [1.82, 2.24) is 4.98 Å². The molecule has 0 aliphatic carbocycles. The van der Waals surface area contributed by atoms with E-state index in [2.05, 4.69) is 25.7 Å². The Bertz CT molecular complexity index is 225. The van der Waals surface area contributed by atoms with E-state index >= 15 is 0 Å². The number of carbonyl (C=O) groups is 1. The lowest BCUT2D eigenvalue weighted by Gasteiger charge is -1.89. The van der Waals surface area contributed by atoms with E-state index in [1.807, 2.05) is 5.38 Å². The smallest absolute Gasteiger partial charge is 0.293 e. The van der Waals surface area contributed by atoms with Crippen molar-refractivity contribution >= 4 is 33.7 Å². The second-order valence-corrected chi connectivity index (χ2v) is 3.63. The second-order valence-electron chi connectivity index (χ2n) is 1.50. The lowest BCUT2D eigenvalue weighted by Crippen LogP contribution is -1.88. The van der Waals surface area contributed by atoms with Gasteiger partial charge >= 0.3 is 0 Å². The Balaban J connectivity index is 2.49. The van der Waals surface area contributed by atoms with Gasteiger partial charge in [0.15, 0.2) is 3.92 Å². The number of hydrogen-bond donors (Lipinski definition) is 0. The largest absolute Gasteiger partial charge is 0.461 e. The number of ether oxygens (including phenoxy) is 1. The molecule has 0 aliphatic rings. The van der Waals surface area contributed by atoms with Gasteiger partial charge in [0.05, 0.1) is 5.69 Å². The molecule has 1 aromatic rings. The van der Waals surface area contributed by atoms with Crippen LogP contribution >= 0.6 is 27.3 Å². The van der Waals surface area contributed by atoms with Crippen molar-refractivity contribution in [2.24, 2.45) is 0 Å². The Hall–Kier alpha value is -0.420. The zero-order chi connectivity index (χ0) is 7.40. The molecule has 0 atom stereocenters. The topological polar surface area (TPSA) is 39.2 Å². The highest BCUT2D eigenvalue weighted by Gasteiger charge is 1.97. The first-order valence-electron chi connectivity index (χ1n) is 2.48. The highest BCUT2D eigenvalue weighted by atomic mass is 79.9. The molecule has 0 spiro atoms. The van der Waals surface area contributed by atoms with Crippen molar-refractivity contribution in [3.05, 3.63) is 15.0 Å². The quantitative estimate of drug-likeness (QED) is 0.728. The van der Waals surface area contributed by atoms with Gasteiger partial charge in [-0.25, -0.2) is 4.98 Å². The lowest BCUT2D eigenvalue weighted by molar-refractivity contribution is -0.129. The highest BCUT2D eigenvalue weighted by molar-refractivity contribution is 9.11. The fraction of sp³-hybridized carbons (Fsp3) is 0.200. The number of rotatable bonds is 3. The van der Waals surface area contributed by atoms with E-state index in [0.29, 0.717) is 6.47 Å². The summed E-state index contributed by atoms with van der Waals surface area (Å²) in [7, 11) is 0. The van der Waals surface area contributed by atoms with Crippen molar-refractivity contribution in [3.63, 3.8) is 0 Å². The molecule has 1 aromatic heterocycles. The summed E-state index contributed by atoms with van der Waals surface area (Å²) in [6, 6.07) is 0. The molecule has 1 rings (SSSR count). The number of aromatic nitrogens is 1. The predicted octanol–water partition coefficient (Wildman–Crippen LogP) is 1.58. The van der Waals surface area contributed by atoms with E-state index in [1.165, 1.54) is 11.3 Å². The molecule has 5 heteroatoms. The van der Waals surface area contributed by atoms with Gasteiger partial charge in [-0.2, -0.15) is 0 Å². The van der Waals surface area contributed by atoms with Crippen LogP contribution in [0.15, 0.2) is 9.30 Å². The van der Waals surface area contributed by atoms with Crippen LogP contribution in [0.3, 0.4) is 0 Å². The van der Waals surface area contributed by atoms with E-state index < -0.39 is 0 Å². The number of hydrogen-bond acceptors (Lipinski definition) is 4. The van der Waals surface area contributed by atoms with E-state index in [0.717, 1.165) is 9.61 Å². The molecular formula is C5H4BrNO2S. The summed E-state index contributed by atoms with van der Waals surface area (Å²) in [5.41, 5.74) is 0.768. The summed E-state index contributed by atoms with van der Waals surface area (Å²) in [5, 5.41) is 1.83. The lowest BCUT2D eigenvalue weighted by atomic mass is 10.5. The average Bonchev–Trinajstić information content (AvgIpc) is 2.31. The number of nitrogens with zero attached hydrogens (tertiary/aromatic N) is 1. The molecule has 54 valence electrons. The number of thiazole rings is 1. The standard InChI is InChI=1S/C5H4BrNO2S/c6-5-7-4(2-10-5)1-9-3-8/h2-3H,1H2. The molecule has 0 saturated heterocycles. The molecule has 0 aromatic carbocycles. The summed E-state index contributed by atoms with van der Waals surface area (Å²) in [6.07, 6.45) is 0. The molecule has 0 fully saturated rings. The first kappa shape index (κ1) is 7.68. The van der Waals surface area contributed by atoms with Crippen LogP contribution in [0, 0.1) is 0 Å². The summed E-state index contributed by atoms with van der Waals surface area (Å²) < 4.78 is 5.28. The van der Waals surface area contributed by atoms with Crippen LogP contribution in [0.1, 0.15) is 5.69 Å². The predicted molar refractivity (Wildman–Crippen MR) is 40.7 cm³/mol. The summed E-state index contributed by atoms with van der Waals surface area (Å²) in [5.74, 6) is 0. The van der Waals surface area contributed by atoms with Gasteiger partial charge < -0.3 is 4.74 Å². The monoisotopic (exact) mass is 221 g/mol. The number of carbonyl (C=O) groups excluding carboxylic acids is 1. The first-order chi connectivity index (χ1) is 4.83. The highest BCUT2D eigenvalue weighted by Crippen LogP contribution is 2.15. The Kier molecular flexibility index (Phi) is 2.82. The van der Waals surface area contributed by atoms with E-state index in [4.69, 9.17) is 0 Å². The zero-order valence-electron chi connectivity index (χ0n) is 4.91. The Morgan fingerprint density at radius 2 is 2.70 bits per heavy atom. The van der Waals surface area contributed by atoms with E-state index in [1.54, 1.807) is 0 Å². The maximum Gasteiger partial charge on any atom is 0.293 e. The van der Waals surface area contributed by atoms with E-state index in [-0.39, 0.29) is 6.61 Å². The summed E-state index contributed by atoms with van der Waals surface area (Å²) >= 11 is 4.65. The fourth-order valence-electron chi connectivity index (χ4n) is 0.468. The average molecular weight is 222 g/mol. The van der Waals surface area contributed by atoms with Crippen LogP contribution in [0.5, 0.6) is 0 Å². The molecule has 10 heavy (non-hydrogen) atoms. The molecule has 0 saturated carbocycles. The molecule has 0 bridgehead atoms. The number of halogens is 1. The summed E-state index contributed by atoms with van der Waals surface area (Å²) in [4.78, 5) is 13.7. The third-order valence-corrected chi connectivity index (χ3v) is 2.24. The van der Waals surface area contributed by atoms with Crippen molar-refractivity contribution in [2.75, 3.05) is 0 Å². The second kappa shape index (κ2) is 3.68. The van der Waals surface area contributed by atoms with Gasteiger partial charge in [0.1, 0.15) is 6.61 Å². The maximum atomic E-state index is 9.73. The van der Waals surface area contributed by atoms with Crippen LogP contribution in [-0.2, 0) is 16.1 Å². The van der Waals surface area contributed by atoms with Gasteiger partial charge in [-0.15, -0.1) is 11.3 Å². The Morgan fingerprint density at radius 3 is 3.20 bits per heavy atom. The summed E-state index contributed by atoms with van der Waals surface area (Å²) in [6.45, 7) is 0.666. The van der Waals surface area contributed by atoms with Crippen LogP contribution in [0.2, 0.25) is 0 Å². The van der Waals surface area contributed by atoms with Gasteiger partial charge in [-0.3, -0.25) is 4.79 Å². The zero-order valence-corrected chi connectivity index (χ0v) is 7.31. The normalized spacial score (nSPS) is 9.30. The van der Waals surface area contributed by atoms with Crippen LogP contribution < -0.4 is 0 Å². The molecular weight excluding hydrogens is 218 g/mol. The first-order valence-corrected chi connectivity index (χ1v) is 4.15. The van der Waals surface area contributed by atoms with Gasteiger partial charge in [0.25, 0.3) is 6.47 Å². The molecule has 1 heterocycles. The van der Waals surface area contributed by atoms with Crippen molar-refractivity contribution in [2.45, 2.75) is 6.61 Å². The molecule has 0 aliphatic heterocycles. The van der Waals surface area contributed by atoms with Crippen molar-refractivity contribution in [1.29, 1.82) is 0 Å². The molecule has 0 unspecified atom stereocenters. The minimum Gasteiger partial charge on any atom is -0.461 e. The van der Waals surface area contributed by atoms with Crippen LogP contribution in [-0.4, -0.2) is 11.5 Å². The third-order valence-electron chi connectivity index (χ3n) is 0.823. The van der Waals surface area contributed by atoms with Gasteiger partial charge in [0.2, 0.25) is 0 Å². The molecule has 0 radical (unpaired) electrons. The van der Waals surface area contributed by atoms with Gasteiger partial charge in [-0.05, 0) is 15.9 Å². The molecule has 3 nitrogen and oxygen atoms in total. The Morgan fingerprint density at radius 1 is 1.90 bits per heavy atom. The van der Waals surface area contributed by atoms with Crippen LogP contribution in [0.4, 0.5) is 0 Å². The van der Waals surface area contributed by atoms with E-state index in [9.17, 15) is 4.79 Å². The van der Waals surface area contributed by atoms with Crippen molar-refractivity contribution < 1.29 is 9.53 Å². The minimum absolute atomic E-state index is 0.256. The Labute approximate surface area is 70.2 Å². The molecule has 0 N–H and O–H groups in total. The maximum absolute atomic E-state index is 9.73.